The van der Waals surface area contributed by atoms with E-state index in [9.17, 15) is 30.7 Å². The first-order valence-electron chi connectivity index (χ1n) is 4.13. The predicted octanol–water partition coefficient (Wildman–Crippen LogP) is 3.88. The first-order chi connectivity index (χ1) is 8.04. The fraction of sp³-hybridized carbons (Fsp3) is 0.375. The molecule has 0 radical (unpaired) electrons. The van der Waals surface area contributed by atoms with Crippen molar-refractivity contribution in [1.29, 1.82) is 0 Å². The number of alkyl halides is 7. The maximum Gasteiger partial charge on any atom is 0.574 e. The van der Waals surface area contributed by atoms with Gasteiger partial charge in [-0.15, -0.1) is 24.8 Å². The van der Waals surface area contributed by atoms with Crippen molar-refractivity contribution in [3.63, 3.8) is 0 Å². The summed E-state index contributed by atoms with van der Waals surface area (Å²) in [5, 5.41) is 0. The van der Waals surface area contributed by atoms with Crippen molar-refractivity contribution in [1.82, 2.24) is 4.98 Å². The van der Waals surface area contributed by atoms with Gasteiger partial charge < -0.3 is 4.74 Å². The number of hydrogen-bond donors (Lipinski definition) is 0. The second-order valence-electron chi connectivity index (χ2n) is 2.96. The molecule has 18 heavy (non-hydrogen) atoms. The Kier molecular flexibility index (Phi) is 3.94. The largest absolute Gasteiger partial charge is 0.574 e. The summed E-state index contributed by atoms with van der Waals surface area (Å²) >= 11 is 5.13. The third kappa shape index (κ3) is 3.62. The summed E-state index contributed by atoms with van der Waals surface area (Å²) < 4.78 is 88.7. The molecule has 0 saturated carbocycles. The lowest BCUT2D eigenvalue weighted by Crippen LogP contribution is -2.21. The van der Waals surface area contributed by atoms with Crippen LogP contribution in [0.15, 0.2) is 6.07 Å². The quantitative estimate of drug-likeness (QED) is 0.610. The van der Waals surface area contributed by atoms with Crippen LogP contribution >= 0.6 is 11.6 Å². The maximum atomic E-state index is 13.2. The van der Waals surface area contributed by atoms with Crippen LogP contribution in [0.2, 0.25) is 0 Å². The predicted molar refractivity (Wildman–Crippen MR) is 45.4 cm³/mol. The van der Waals surface area contributed by atoms with Crippen LogP contribution in [-0.4, -0.2) is 11.3 Å². The molecule has 0 fully saturated rings. The summed E-state index contributed by atoms with van der Waals surface area (Å²) in [5.74, 6) is -4.26. The standard InChI is InChI=1S/C8H3ClF7NO/c9-2-3-1-4(7(11,12)13)17-6(5(3)10)18-8(14,15)16/h1H,2H2. The summed E-state index contributed by atoms with van der Waals surface area (Å²) in [5.41, 5.74) is -2.52. The van der Waals surface area contributed by atoms with Gasteiger partial charge in [-0.3, -0.25) is 0 Å². The molecular weight excluding hydrogens is 295 g/mol. The number of hydrogen-bond acceptors (Lipinski definition) is 2. The molecule has 0 saturated heterocycles. The van der Waals surface area contributed by atoms with E-state index in [4.69, 9.17) is 11.6 Å². The van der Waals surface area contributed by atoms with E-state index in [1.165, 1.54) is 0 Å². The highest BCUT2D eigenvalue weighted by Crippen LogP contribution is 2.33. The first-order valence-corrected chi connectivity index (χ1v) is 4.66. The van der Waals surface area contributed by atoms with Crippen LogP contribution in [0.3, 0.4) is 0 Å². The molecule has 0 aliphatic carbocycles. The Bertz CT molecular complexity index is 442. The van der Waals surface area contributed by atoms with Crippen molar-refractivity contribution in [2.24, 2.45) is 0 Å². The van der Waals surface area contributed by atoms with E-state index in [-0.39, 0.29) is 6.07 Å². The van der Waals surface area contributed by atoms with Gasteiger partial charge in [0.15, 0.2) is 5.82 Å². The molecule has 102 valence electrons. The second kappa shape index (κ2) is 4.79. The van der Waals surface area contributed by atoms with Crippen LogP contribution in [0.25, 0.3) is 0 Å². The lowest BCUT2D eigenvalue weighted by molar-refractivity contribution is -0.277. The normalized spacial score (nSPS) is 12.7. The zero-order chi connectivity index (χ0) is 14.1. The van der Waals surface area contributed by atoms with Gasteiger partial charge in [0.1, 0.15) is 5.69 Å². The highest BCUT2D eigenvalue weighted by molar-refractivity contribution is 6.17. The molecule has 1 heterocycles. The van der Waals surface area contributed by atoms with Crippen molar-refractivity contribution in [2.45, 2.75) is 18.4 Å². The lowest BCUT2D eigenvalue weighted by atomic mass is 10.2. The van der Waals surface area contributed by atoms with E-state index in [0.717, 1.165) is 0 Å². The first kappa shape index (κ1) is 14.8. The highest BCUT2D eigenvalue weighted by atomic mass is 35.5. The Hall–Kier alpha value is -1.25. The van der Waals surface area contributed by atoms with Gasteiger partial charge in [0, 0.05) is 5.56 Å². The third-order valence-electron chi connectivity index (χ3n) is 1.65. The SMILES string of the molecule is Fc1c(CCl)cc(C(F)(F)F)nc1OC(F)(F)F. The maximum absolute atomic E-state index is 13.2. The molecule has 0 unspecified atom stereocenters. The fourth-order valence-corrected chi connectivity index (χ4v) is 1.17. The molecule has 0 spiro atoms. The molecule has 0 bridgehead atoms. The third-order valence-corrected chi connectivity index (χ3v) is 1.94. The number of nitrogens with zero attached hydrogens (tertiary/aromatic N) is 1. The van der Waals surface area contributed by atoms with Gasteiger partial charge in [0.05, 0.1) is 5.88 Å². The number of ether oxygens (including phenoxy) is 1. The van der Waals surface area contributed by atoms with Crippen LogP contribution < -0.4 is 4.74 Å². The van der Waals surface area contributed by atoms with Crippen LogP contribution in [0.1, 0.15) is 11.3 Å². The van der Waals surface area contributed by atoms with E-state index in [2.05, 4.69) is 9.72 Å². The number of rotatable bonds is 2. The van der Waals surface area contributed by atoms with E-state index >= 15 is 0 Å². The molecule has 0 aromatic carbocycles. The molecular formula is C8H3ClF7NO. The summed E-state index contributed by atoms with van der Waals surface area (Å²) in [6, 6.07) is 0.214. The molecule has 10 heteroatoms. The van der Waals surface area contributed by atoms with E-state index < -0.39 is 41.4 Å². The molecule has 1 aromatic heterocycles. The van der Waals surface area contributed by atoms with Gasteiger partial charge in [-0.2, -0.15) is 13.2 Å². The van der Waals surface area contributed by atoms with Crippen LogP contribution in [0, 0.1) is 5.82 Å². The van der Waals surface area contributed by atoms with Crippen molar-refractivity contribution >= 4 is 11.6 Å². The van der Waals surface area contributed by atoms with Gasteiger partial charge in [0.2, 0.25) is 0 Å². The minimum absolute atomic E-state index is 0.214. The molecule has 0 N–H and O–H groups in total. The number of halogens is 8. The van der Waals surface area contributed by atoms with Crippen molar-refractivity contribution < 1.29 is 35.5 Å². The molecule has 1 aromatic rings. The zero-order valence-corrected chi connectivity index (χ0v) is 8.92. The van der Waals surface area contributed by atoms with Crippen molar-refractivity contribution in [2.75, 3.05) is 0 Å². The topological polar surface area (TPSA) is 22.1 Å². The Balaban J connectivity index is 3.32. The van der Waals surface area contributed by atoms with Crippen LogP contribution in [0.4, 0.5) is 30.7 Å². The number of pyridine rings is 1. The van der Waals surface area contributed by atoms with Crippen molar-refractivity contribution in [3.05, 3.63) is 23.1 Å². The minimum Gasteiger partial charge on any atom is -0.385 e. The Morgan fingerprint density at radius 1 is 1.17 bits per heavy atom. The molecule has 1 rings (SSSR count). The summed E-state index contributed by atoms with van der Waals surface area (Å²) in [6.45, 7) is 0. The molecule has 0 aliphatic heterocycles. The monoisotopic (exact) mass is 297 g/mol. The van der Waals surface area contributed by atoms with Gasteiger partial charge in [-0.25, -0.2) is 9.37 Å². The van der Waals surface area contributed by atoms with E-state index in [1.807, 2.05) is 0 Å². The van der Waals surface area contributed by atoms with Gasteiger partial charge in [0.25, 0.3) is 5.88 Å². The molecule has 0 atom stereocenters. The zero-order valence-electron chi connectivity index (χ0n) is 8.16. The minimum atomic E-state index is -5.36. The number of aromatic nitrogens is 1. The Morgan fingerprint density at radius 2 is 1.72 bits per heavy atom. The average Bonchev–Trinajstić information content (AvgIpc) is 2.17. The summed E-state index contributed by atoms with van der Waals surface area (Å²) in [4.78, 5) is 2.44. The molecule has 0 amide bonds. The second-order valence-corrected chi connectivity index (χ2v) is 3.23. The summed E-state index contributed by atoms with van der Waals surface area (Å²) in [7, 11) is 0. The van der Waals surface area contributed by atoms with Gasteiger partial charge >= 0.3 is 12.5 Å². The Morgan fingerprint density at radius 3 is 2.11 bits per heavy atom. The van der Waals surface area contributed by atoms with Crippen LogP contribution in [-0.2, 0) is 12.1 Å². The fourth-order valence-electron chi connectivity index (χ4n) is 0.976. The van der Waals surface area contributed by atoms with E-state index in [1.54, 1.807) is 0 Å². The Labute approximate surface area is 100 Å². The van der Waals surface area contributed by atoms with Gasteiger partial charge in [-0.1, -0.05) is 0 Å². The van der Waals surface area contributed by atoms with Gasteiger partial charge in [-0.05, 0) is 6.07 Å². The van der Waals surface area contributed by atoms with Crippen LogP contribution in [0.5, 0.6) is 5.88 Å². The lowest BCUT2D eigenvalue weighted by Gasteiger charge is -2.13. The average molecular weight is 298 g/mol. The summed E-state index contributed by atoms with van der Waals surface area (Å²) in [6.07, 6.45) is -10.4. The van der Waals surface area contributed by atoms with E-state index in [0.29, 0.717) is 0 Å². The molecule has 0 aliphatic rings. The molecule has 2 nitrogen and oxygen atoms in total. The smallest absolute Gasteiger partial charge is 0.385 e. The highest BCUT2D eigenvalue weighted by Gasteiger charge is 2.38. The van der Waals surface area contributed by atoms with Crippen molar-refractivity contribution in [3.8, 4) is 5.88 Å².